The Hall–Kier alpha value is 0.340. The number of allylic oxidation sites excluding steroid dienone is 2. The number of hydrogen-bond donors (Lipinski definition) is 0. The van der Waals surface area contributed by atoms with Gasteiger partial charge in [-0.25, -0.2) is 0 Å². The van der Waals surface area contributed by atoms with Crippen molar-refractivity contribution in [2.75, 3.05) is 0 Å². The third kappa shape index (κ3) is 5.84. The van der Waals surface area contributed by atoms with Gasteiger partial charge < -0.3 is 0 Å². The van der Waals surface area contributed by atoms with Crippen molar-refractivity contribution >= 4 is 25.2 Å². The smallest absolute Gasteiger partial charge is 0.00629 e. The van der Waals surface area contributed by atoms with Gasteiger partial charge in [-0.3, -0.25) is 0 Å². The summed E-state index contributed by atoms with van der Waals surface area (Å²) >= 11 is 0.268. The van der Waals surface area contributed by atoms with E-state index in [4.69, 9.17) is 0 Å². The van der Waals surface area contributed by atoms with Crippen molar-refractivity contribution in [2.24, 2.45) is 0 Å². The molecule has 0 atom stereocenters. The summed E-state index contributed by atoms with van der Waals surface area (Å²) in [6.07, 6.45) is 15.1. The lowest BCUT2D eigenvalue weighted by molar-refractivity contribution is 0.620. The van der Waals surface area contributed by atoms with Crippen LogP contribution in [0.4, 0.5) is 0 Å². The van der Waals surface area contributed by atoms with E-state index in [1.54, 1.807) is 5.57 Å². The number of alkyl halides is 1. The minimum atomic E-state index is 0.268. The highest BCUT2D eigenvalue weighted by atomic mass is 127. The molecule has 0 radical (unpaired) electrons. The Labute approximate surface area is 105 Å². The second kappa shape index (κ2) is 8.49. The molecule has 0 saturated heterocycles. The molecule has 0 heterocycles. The highest BCUT2D eigenvalue weighted by Crippen LogP contribution is 2.30. The highest BCUT2D eigenvalue weighted by molar-refractivity contribution is 14.2. The molecule has 0 bridgehead atoms. The highest BCUT2D eigenvalue weighted by Gasteiger charge is 2.13. The minimum absolute atomic E-state index is 0.268. The Balaban J connectivity index is 2.10. The molecule has 1 saturated carbocycles. The quantitative estimate of drug-likeness (QED) is 0.272. The molecular formula is C14H25I. The zero-order valence-electron chi connectivity index (χ0n) is 10.1. The lowest BCUT2D eigenvalue weighted by atomic mass is 9.94. The lowest BCUT2D eigenvalue weighted by Gasteiger charge is -2.20. The van der Waals surface area contributed by atoms with E-state index in [1.807, 2.05) is 0 Å². The zero-order valence-corrected chi connectivity index (χ0v) is 12.3. The predicted octanol–water partition coefficient (Wildman–Crippen LogP) is 5.23. The van der Waals surface area contributed by atoms with E-state index in [0.717, 1.165) is 3.92 Å². The van der Waals surface area contributed by atoms with E-state index in [1.165, 1.54) is 57.8 Å². The third-order valence-corrected chi connectivity index (χ3v) is 5.76. The Morgan fingerprint density at radius 1 is 1.27 bits per heavy atom. The van der Waals surface area contributed by atoms with E-state index < -0.39 is 0 Å². The first-order valence-corrected chi connectivity index (χ1v) is 9.18. The molecule has 1 fully saturated rings. The fraction of sp³-hybridized carbons (Fsp3) is 0.786. The fourth-order valence-electron chi connectivity index (χ4n) is 2.19. The summed E-state index contributed by atoms with van der Waals surface area (Å²) in [5.41, 5.74) is 1.75. The fourth-order valence-corrected chi connectivity index (χ4v) is 3.69. The van der Waals surface area contributed by atoms with Crippen LogP contribution in [0.3, 0.4) is 0 Å². The molecule has 15 heavy (non-hydrogen) atoms. The van der Waals surface area contributed by atoms with Crippen LogP contribution in [0.15, 0.2) is 11.6 Å². The molecule has 1 aliphatic carbocycles. The maximum Gasteiger partial charge on any atom is 0.00629 e. The maximum absolute atomic E-state index is 4.12. The SMILES string of the molecule is C=IC1CCC(=CCCCCCC)CC1. The number of rotatable bonds is 6. The second-order valence-electron chi connectivity index (χ2n) is 4.54. The molecular weight excluding hydrogens is 295 g/mol. The van der Waals surface area contributed by atoms with Gasteiger partial charge in [-0.15, -0.1) is 20.7 Å². The van der Waals surface area contributed by atoms with Gasteiger partial charge in [0.2, 0.25) is 0 Å². The van der Waals surface area contributed by atoms with E-state index in [0.29, 0.717) is 0 Å². The summed E-state index contributed by atoms with van der Waals surface area (Å²) in [4.78, 5) is 0. The van der Waals surface area contributed by atoms with Crippen molar-refractivity contribution in [1.82, 2.24) is 0 Å². The number of unbranched alkanes of at least 4 members (excludes halogenated alkanes) is 4. The average molecular weight is 320 g/mol. The zero-order chi connectivity index (χ0) is 10.9. The molecule has 0 aromatic rings. The van der Waals surface area contributed by atoms with Gasteiger partial charge in [-0.2, -0.15) is 0 Å². The van der Waals surface area contributed by atoms with Gasteiger partial charge in [-0.1, -0.05) is 42.3 Å². The molecule has 0 spiro atoms. The van der Waals surface area contributed by atoms with Crippen molar-refractivity contribution in [3.05, 3.63) is 11.6 Å². The normalized spacial score (nSPS) is 21.7. The lowest BCUT2D eigenvalue weighted by Crippen LogP contribution is -2.06. The first-order chi connectivity index (χ1) is 7.36. The van der Waals surface area contributed by atoms with Gasteiger partial charge in [0.25, 0.3) is 0 Å². The Bertz CT molecular complexity index is 195. The molecule has 0 unspecified atom stereocenters. The second-order valence-corrected chi connectivity index (χ2v) is 7.18. The summed E-state index contributed by atoms with van der Waals surface area (Å²) in [6, 6.07) is 0. The molecule has 1 rings (SSSR count). The summed E-state index contributed by atoms with van der Waals surface area (Å²) in [5, 5.41) is 0. The molecule has 0 aromatic heterocycles. The molecule has 0 aliphatic heterocycles. The van der Waals surface area contributed by atoms with Gasteiger partial charge in [0.1, 0.15) is 0 Å². The van der Waals surface area contributed by atoms with Crippen LogP contribution >= 0.6 is 20.7 Å². The molecule has 1 heteroatoms. The van der Waals surface area contributed by atoms with Gasteiger partial charge in [-0.05, 0) is 38.5 Å². The maximum atomic E-state index is 4.12. The van der Waals surface area contributed by atoms with Crippen LogP contribution in [-0.4, -0.2) is 8.44 Å². The van der Waals surface area contributed by atoms with Gasteiger partial charge in [0, 0.05) is 3.92 Å². The monoisotopic (exact) mass is 320 g/mol. The molecule has 0 amide bonds. The van der Waals surface area contributed by atoms with Gasteiger partial charge in [0.05, 0.1) is 0 Å². The molecule has 0 aromatic carbocycles. The molecule has 0 nitrogen and oxygen atoms in total. The van der Waals surface area contributed by atoms with Gasteiger partial charge in [0.15, 0.2) is 0 Å². The van der Waals surface area contributed by atoms with E-state index >= 15 is 0 Å². The molecule has 88 valence electrons. The summed E-state index contributed by atoms with van der Waals surface area (Å²) < 4.78 is 5.15. The first-order valence-electron chi connectivity index (χ1n) is 6.41. The third-order valence-electron chi connectivity index (χ3n) is 3.27. The van der Waals surface area contributed by atoms with Crippen LogP contribution in [0.25, 0.3) is 0 Å². The van der Waals surface area contributed by atoms with Crippen LogP contribution in [0.2, 0.25) is 0 Å². The van der Waals surface area contributed by atoms with E-state index in [-0.39, 0.29) is 20.7 Å². The summed E-state index contributed by atoms with van der Waals surface area (Å²) in [5.74, 6) is 0. The van der Waals surface area contributed by atoms with Gasteiger partial charge >= 0.3 is 0 Å². The summed E-state index contributed by atoms with van der Waals surface area (Å²) in [6.45, 7) is 2.28. The topological polar surface area (TPSA) is 0 Å². The predicted molar refractivity (Wildman–Crippen MR) is 80.2 cm³/mol. The summed E-state index contributed by atoms with van der Waals surface area (Å²) in [7, 11) is 0. The standard InChI is InChI=1S/C14H25I/c1-3-4-5-6-7-8-13-9-11-14(15-2)12-10-13/h8,14H,2-7,9-12H2,1H3. The average Bonchev–Trinajstić information content (AvgIpc) is 2.30. The van der Waals surface area contributed by atoms with Crippen LogP contribution < -0.4 is 0 Å². The first kappa shape index (κ1) is 13.4. The van der Waals surface area contributed by atoms with Crippen molar-refractivity contribution < 1.29 is 0 Å². The minimum Gasteiger partial charge on any atom is -0.127 e. The molecule has 1 aliphatic rings. The number of hydrogen-bond acceptors (Lipinski definition) is 0. The largest absolute Gasteiger partial charge is 0.127 e. The van der Waals surface area contributed by atoms with E-state index in [2.05, 4.69) is 17.5 Å². The van der Waals surface area contributed by atoms with Crippen molar-refractivity contribution in [3.8, 4) is 0 Å². The Morgan fingerprint density at radius 3 is 2.60 bits per heavy atom. The van der Waals surface area contributed by atoms with Crippen LogP contribution in [0, 0.1) is 0 Å². The Kier molecular flexibility index (Phi) is 7.58. The van der Waals surface area contributed by atoms with Crippen LogP contribution in [-0.2, 0) is 0 Å². The van der Waals surface area contributed by atoms with Crippen molar-refractivity contribution in [1.29, 1.82) is 0 Å². The number of halogens is 1. The van der Waals surface area contributed by atoms with Crippen molar-refractivity contribution in [2.45, 2.75) is 68.6 Å². The van der Waals surface area contributed by atoms with Crippen LogP contribution in [0.1, 0.15) is 64.7 Å². The Morgan fingerprint density at radius 2 is 2.00 bits per heavy atom. The molecule has 0 N–H and O–H groups in total. The van der Waals surface area contributed by atoms with Crippen molar-refractivity contribution in [3.63, 3.8) is 0 Å². The van der Waals surface area contributed by atoms with Crippen LogP contribution in [0.5, 0.6) is 0 Å². The van der Waals surface area contributed by atoms with E-state index in [9.17, 15) is 0 Å².